The van der Waals surface area contributed by atoms with Crippen molar-refractivity contribution in [2.24, 2.45) is 0 Å². The lowest BCUT2D eigenvalue weighted by molar-refractivity contribution is -0.147. The smallest absolute Gasteiger partial charge is 0.306 e. The van der Waals surface area contributed by atoms with Crippen LogP contribution in [0.5, 0.6) is 11.5 Å². The summed E-state index contributed by atoms with van der Waals surface area (Å²) in [5, 5.41) is 3.82. The second-order valence-corrected chi connectivity index (χ2v) is 6.98. The first kappa shape index (κ1) is 20.2. The van der Waals surface area contributed by atoms with E-state index in [1.807, 2.05) is 66.9 Å². The topological polar surface area (TPSA) is 80.4 Å². The molecule has 31 heavy (non-hydrogen) atoms. The standard InChI is InChI=1S/C25H22N2O4/c28-24(27-22-12-6-7-13-23(22)31-19-8-2-1-3-9-19)17-30-25(29)15-14-18-16-26-21-11-5-4-10-20(18)21/h1-13,16,26H,14-15,17H2,(H,27,28). The number of aromatic amines is 1. The molecule has 0 aliphatic heterocycles. The van der Waals surface area contributed by atoms with Gasteiger partial charge in [0.05, 0.1) is 5.69 Å². The van der Waals surface area contributed by atoms with Crippen LogP contribution in [0.1, 0.15) is 12.0 Å². The molecule has 0 aliphatic rings. The van der Waals surface area contributed by atoms with Crippen LogP contribution >= 0.6 is 0 Å². The summed E-state index contributed by atoms with van der Waals surface area (Å²) in [4.78, 5) is 27.6. The molecule has 0 bridgehead atoms. The van der Waals surface area contributed by atoms with Crippen molar-refractivity contribution in [3.8, 4) is 11.5 Å². The van der Waals surface area contributed by atoms with Crippen LogP contribution in [-0.4, -0.2) is 23.5 Å². The van der Waals surface area contributed by atoms with E-state index < -0.39 is 11.9 Å². The van der Waals surface area contributed by atoms with Gasteiger partial charge in [-0.15, -0.1) is 0 Å². The predicted molar refractivity (Wildman–Crippen MR) is 119 cm³/mol. The van der Waals surface area contributed by atoms with Gasteiger partial charge in [0.25, 0.3) is 5.91 Å². The molecule has 0 saturated carbocycles. The quantitative estimate of drug-likeness (QED) is 0.394. The number of rotatable bonds is 8. The number of carbonyl (C=O) groups excluding carboxylic acids is 2. The van der Waals surface area contributed by atoms with E-state index in [9.17, 15) is 9.59 Å². The summed E-state index contributed by atoms with van der Waals surface area (Å²) in [6.07, 6.45) is 2.63. The molecule has 0 unspecified atom stereocenters. The maximum absolute atomic E-state index is 12.3. The molecule has 3 aromatic carbocycles. The van der Waals surface area contributed by atoms with E-state index >= 15 is 0 Å². The second kappa shape index (κ2) is 9.63. The van der Waals surface area contributed by atoms with E-state index in [0.717, 1.165) is 16.5 Å². The number of esters is 1. The molecule has 0 spiro atoms. The third-order valence-electron chi connectivity index (χ3n) is 4.77. The molecule has 1 aromatic heterocycles. The van der Waals surface area contributed by atoms with Gasteiger partial charge in [-0.05, 0) is 42.3 Å². The van der Waals surface area contributed by atoms with Crippen LogP contribution in [0.15, 0.2) is 85.1 Å². The van der Waals surface area contributed by atoms with Crippen LogP contribution < -0.4 is 10.1 Å². The highest BCUT2D eigenvalue weighted by molar-refractivity contribution is 5.94. The van der Waals surface area contributed by atoms with Crippen LogP contribution in [-0.2, 0) is 20.7 Å². The van der Waals surface area contributed by atoms with E-state index in [1.54, 1.807) is 18.2 Å². The Labute approximate surface area is 179 Å². The number of aryl methyl sites for hydroxylation is 1. The summed E-state index contributed by atoms with van der Waals surface area (Å²) in [5.74, 6) is 0.319. The lowest BCUT2D eigenvalue weighted by atomic mass is 10.1. The average molecular weight is 414 g/mol. The minimum Gasteiger partial charge on any atom is -0.456 e. The molecule has 2 N–H and O–H groups in total. The van der Waals surface area contributed by atoms with Crippen molar-refractivity contribution in [1.29, 1.82) is 0 Å². The highest BCUT2D eigenvalue weighted by atomic mass is 16.5. The molecule has 1 amide bonds. The number of aromatic nitrogens is 1. The van der Waals surface area contributed by atoms with E-state index in [2.05, 4.69) is 10.3 Å². The van der Waals surface area contributed by atoms with Gasteiger partial charge in [-0.25, -0.2) is 0 Å². The van der Waals surface area contributed by atoms with Gasteiger partial charge >= 0.3 is 5.97 Å². The van der Waals surface area contributed by atoms with Crippen molar-refractivity contribution < 1.29 is 19.1 Å². The van der Waals surface area contributed by atoms with Crippen LogP contribution in [0.3, 0.4) is 0 Å². The molecule has 4 aromatic rings. The number of para-hydroxylation sites is 4. The van der Waals surface area contributed by atoms with Crippen molar-refractivity contribution in [1.82, 2.24) is 4.98 Å². The number of hydrogen-bond donors (Lipinski definition) is 2. The lowest BCUT2D eigenvalue weighted by Crippen LogP contribution is -2.21. The van der Waals surface area contributed by atoms with Gasteiger partial charge in [0, 0.05) is 23.5 Å². The highest BCUT2D eigenvalue weighted by Gasteiger charge is 2.12. The van der Waals surface area contributed by atoms with Crippen molar-refractivity contribution in [3.63, 3.8) is 0 Å². The molecular formula is C25H22N2O4. The molecule has 0 aliphatic carbocycles. The Morgan fingerprint density at radius 1 is 0.871 bits per heavy atom. The van der Waals surface area contributed by atoms with Crippen molar-refractivity contribution in [2.75, 3.05) is 11.9 Å². The SMILES string of the molecule is O=C(COC(=O)CCc1c[nH]c2ccccc12)Nc1ccccc1Oc1ccccc1. The average Bonchev–Trinajstić information content (AvgIpc) is 3.21. The summed E-state index contributed by atoms with van der Waals surface area (Å²) in [7, 11) is 0. The third-order valence-corrected chi connectivity index (χ3v) is 4.77. The Kier molecular flexibility index (Phi) is 6.28. The van der Waals surface area contributed by atoms with Crippen molar-refractivity contribution in [2.45, 2.75) is 12.8 Å². The maximum atomic E-state index is 12.3. The van der Waals surface area contributed by atoms with E-state index in [4.69, 9.17) is 9.47 Å². The van der Waals surface area contributed by atoms with Gasteiger partial charge < -0.3 is 19.8 Å². The second-order valence-electron chi connectivity index (χ2n) is 6.98. The van der Waals surface area contributed by atoms with Gasteiger partial charge in [-0.3, -0.25) is 9.59 Å². The number of hydrogen-bond acceptors (Lipinski definition) is 4. The summed E-state index contributed by atoms with van der Waals surface area (Å²) < 4.78 is 11.0. The van der Waals surface area contributed by atoms with Crippen molar-refractivity contribution in [3.05, 3.63) is 90.6 Å². The summed E-state index contributed by atoms with van der Waals surface area (Å²) in [5.41, 5.74) is 2.58. The molecule has 0 saturated heterocycles. The zero-order valence-corrected chi connectivity index (χ0v) is 16.8. The molecule has 1 heterocycles. The highest BCUT2D eigenvalue weighted by Crippen LogP contribution is 2.29. The predicted octanol–water partition coefficient (Wildman–Crippen LogP) is 5.07. The van der Waals surface area contributed by atoms with E-state index in [-0.39, 0.29) is 13.0 Å². The Bertz CT molecular complexity index is 1180. The maximum Gasteiger partial charge on any atom is 0.306 e. The molecule has 0 atom stereocenters. The summed E-state index contributed by atoms with van der Waals surface area (Å²) in [6, 6.07) is 24.3. The number of anilines is 1. The van der Waals surface area contributed by atoms with Crippen LogP contribution in [0.2, 0.25) is 0 Å². The zero-order chi connectivity index (χ0) is 21.5. The van der Waals surface area contributed by atoms with Gasteiger partial charge in [0.1, 0.15) is 5.75 Å². The number of nitrogens with one attached hydrogen (secondary N) is 2. The number of fused-ring (bicyclic) bond motifs is 1. The number of ether oxygens (including phenoxy) is 2. The van der Waals surface area contributed by atoms with Crippen LogP contribution in [0, 0.1) is 0 Å². The minimum atomic E-state index is -0.426. The minimum absolute atomic E-state index is 0.197. The number of H-pyrrole nitrogens is 1. The fraction of sp³-hybridized carbons (Fsp3) is 0.120. The normalized spacial score (nSPS) is 10.6. The number of benzene rings is 3. The van der Waals surface area contributed by atoms with Gasteiger partial charge in [0.2, 0.25) is 0 Å². The van der Waals surface area contributed by atoms with E-state index in [0.29, 0.717) is 23.6 Å². The first-order valence-electron chi connectivity index (χ1n) is 10.0. The summed E-state index contributed by atoms with van der Waals surface area (Å²) in [6.45, 7) is -0.355. The Balaban J connectivity index is 1.28. The molecule has 156 valence electrons. The number of amides is 1. The molecule has 0 radical (unpaired) electrons. The fourth-order valence-electron chi connectivity index (χ4n) is 3.25. The van der Waals surface area contributed by atoms with Gasteiger partial charge in [-0.2, -0.15) is 0 Å². The molecular weight excluding hydrogens is 392 g/mol. The molecule has 0 fully saturated rings. The van der Waals surface area contributed by atoms with Crippen LogP contribution in [0.25, 0.3) is 10.9 Å². The van der Waals surface area contributed by atoms with Gasteiger partial charge in [0.15, 0.2) is 12.4 Å². The lowest BCUT2D eigenvalue weighted by Gasteiger charge is -2.12. The van der Waals surface area contributed by atoms with Crippen LogP contribution in [0.4, 0.5) is 5.69 Å². The largest absolute Gasteiger partial charge is 0.456 e. The Morgan fingerprint density at radius 2 is 1.61 bits per heavy atom. The zero-order valence-electron chi connectivity index (χ0n) is 16.8. The Hall–Kier alpha value is -4.06. The first-order valence-corrected chi connectivity index (χ1v) is 10.0. The monoisotopic (exact) mass is 414 g/mol. The fourth-order valence-corrected chi connectivity index (χ4v) is 3.25. The number of carbonyl (C=O) groups is 2. The molecule has 6 nitrogen and oxygen atoms in total. The van der Waals surface area contributed by atoms with Crippen molar-refractivity contribution >= 4 is 28.5 Å². The summed E-state index contributed by atoms with van der Waals surface area (Å²) >= 11 is 0. The molecule has 4 rings (SSSR count). The van der Waals surface area contributed by atoms with Gasteiger partial charge in [-0.1, -0.05) is 48.5 Å². The third kappa shape index (κ3) is 5.30. The Morgan fingerprint density at radius 3 is 2.48 bits per heavy atom. The van der Waals surface area contributed by atoms with E-state index in [1.165, 1.54) is 0 Å². The first-order chi connectivity index (χ1) is 15.2. The molecule has 6 heteroatoms.